The zero-order valence-electron chi connectivity index (χ0n) is 10.6. The smallest absolute Gasteiger partial charge is 0.118 e. The van der Waals surface area contributed by atoms with E-state index in [4.69, 9.17) is 17.0 Å². The molecule has 0 saturated carbocycles. The summed E-state index contributed by atoms with van der Waals surface area (Å²) in [6, 6.07) is 12.2. The molecule has 4 heteroatoms. The van der Waals surface area contributed by atoms with Crippen molar-refractivity contribution in [2.24, 2.45) is 0 Å². The Morgan fingerprint density at radius 3 is 2.68 bits per heavy atom. The average molecular weight is 270 g/mol. The molecule has 0 atom stereocenters. The van der Waals surface area contributed by atoms with E-state index in [2.05, 4.69) is 40.0 Å². The molecular formula is C15H14N2OS. The van der Waals surface area contributed by atoms with Crippen molar-refractivity contribution in [3.8, 4) is 5.75 Å². The first-order valence-electron chi connectivity index (χ1n) is 6.07. The number of aromatic amines is 1. The predicted molar refractivity (Wildman–Crippen MR) is 79.2 cm³/mol. The summed E-state index contributed by atoms with van der Waals surface area (Å²) in [5.41, 5.74) is 2.39. The standard InChI is InChI=1S/C15H14N2OS/c1-18-12-4-2-11(3-5-12)10-17-9-7-13-14(17)6-8-16-15(13)19/h2-9H,10H2,1H3,(H,16,19). The van der Waals surface area contributed by atoms with Crippen LogP contribution in [0.5, 0.6) is 5.75 Å². The second kappa shape index (κ2) is 4.90. The van der Waals surface area contributed by atoms with Crippen molar-refractivity contribution in [3.63, 3.8) is 0 Å². The van der Waals surface area contributed by atoms with Gasteiger partial charge in [-0.2, -0.15) is 0 Å². The zero-order chi connectivity index (χ0) is 13.2. The second-order valence-electron chi connectivity index (χ2n) is 4.40. The number of methoxy groups -OCH3 is 1. The monoisotopic (exact) mass is 270 g/mol. The first kappa shape index (κ1) is 12.0. The van der Waals surface area contributed by atoms with E-state index in [1.165, 1.54) is 5.56 Å². The number of benzene rings is 1. The van der Waals surface area contributed by atoms with Crippen LogP contribution in [0.15, 0.2) is 48.8 Å². The van der Waals surface area contributed by atoms with Crippen molar-refractivity contribution in [3.05, 3.63) is 59.0 Å². The van der Waals surface area contributed by atoms with Gasteiger partial charge in [0.25, 0.3) is 0 Å². The first-order valence-corrected chi connectivity index (χ1v) is 6.48. The van der Waals surface area contributed by atoms with E-state index < -0.39 is 0 Å². The normalized spacial score (nSPS) is 10.8. The van der Waals surface area contributed by atoms with Crippen molar-refractivity contribution in [2.75, 3.05) is 7.11 Å². The van der Waals surface area contributed by atoms with Gasteiger partial charge in [0.1, 0.15) is 10.4 Å². The molecule has 96 valence electrons. The van der Waals surface area contributed by atoms with Crippen molar-refractivity contribution >= 4 is 23.1 Å². The van der Waals surface area contributed by atoms with Gasteiger partial charge in [0.15, 0.2) is 0 Å². The van der Waals surface area contributed by atoms with E-state index in [0.717, 1.165) is 27.8 Å². The third-order valence-corrected chi connectivity index (χ3v) is 3.56. The first-order chi connectivity index (χ1) is 9.28. The molecule has 0 spiro atoms. The Balaban J connectivity index is 1.96. The highest BCUT2D eigenvalue weighted by atomic mass is 32.1. The lowest BCUT2D eigenvalue weighted by Crippen LogP contribution is -1.97. The van der Waals surface area contributed by atoms with Gasteiger partial charge in [0.2, 0.25) is 0 Å². The van der Waals surface area contributed by atoms with Crippen LogP contribution in [0.1, 0.15) is 5.56 Å². The van der Waals surface area contributed by atoms with Gasteiger partial charge >= 0.3 is 0 Å². The molecule has 0 saturated heterocycles. The molecule has 0 unspecified atom stereocenters. The molecule has 0 aliphatic carbocycles. The number of nitrogens with zero attached hydrogens (tertiary/aromatic N) is 1. The molecule has 0 fully saturated rings. The summed E-state index contributed by atoms with van der Waals surface area (Å²) in [6.45, 7) is 0.826. The van der Waals surface area contributed by atoms with Gasteiger partial charge in [0.05, 0.1) is 12.6 Å². The quantitative estimate of drug-likeness (QED) is 0.734. The number of fused-ring (bicyclic) bond motifs is 1. The fraction of sp³-hybridized carbons (Fsp3) is 0.133. The van der Waals surface area contributed by atoms with Gasteiger partial charge in [-0.25, -0.2) is 0 Å². The number of rotatable bonds is 3. The molecule has 0 radical (unpaired) electrons. The third-order valence-electron chi connectivity index (χ3n) is 3.22. The van der Waals surface area contributed by atoms with Crippen LogP contribution in [0.4, 0.5) is 0 Å². The van der Waals surface area contributed by atoms with Gasteiger partial charge in [-0.1, -0.05) is 24.4 Å². The van der Waals surface area contributed by atoms with Crippen LogP contribution < -0.4 is 4.74 Å². The Kier molecular flexibility index (Phi) is 3.09. The number of ether oxygens (including phenoxy) is 1. The molecule has 2 heterocycles. The van der Waals surface area contributed by atoms with Gasteiger partial charge < -0.3 is 14.3 Å². The number of nitrogens with one attached hydrogen (secondary N) is 1. The molecule has 3 aromatic rings. The molecule has 3 rings (SSSR count). The Bertz CT molecular complexity index is 756. The largest absolute Gasteiger partial charge is 0.497 e. The molecule has 3 nitrogen and oxygen atoms in total. The summed E-state index contributed by atoms with van der Waals surface area (Å²) in [7, 11) is 1.68. The molecule has 0 aliphatic rings. The van der Waals surface area contributed by atoms with E-state index in [9.17, 15) is 0 Å². The van der Waals surface area contributed by atoms with Crippen molar-refractivity contribution in [1.29, 1.82) is 0 Å². The van der Waals surface area contributed by atoms with Crippen LogP contribution in [0.25, 0.3) is 10.9 Å². The predicted octanol–water partition coefficient (Wildman–Crippen LogP) is 3.76. The van der Waals surface area contributed by atoms with E-state index >= 15 is 0 Å². The summed E-state index contributed by atoms with van der Waals surface area (Å²) >= 11 is 5.28. The minimum atomic E-state index is 0.783. The number of pyridine rings is 1. The zero-order valence-corrected chi connectivity index (χ0v) is 11.4. The van der Waals surface area contributed by atoms with Crippen LogP contribution in [-0.2, 0) is 6.54 Å². The van der Waals surface area contributed by atoms with E-state index in [1.54, 1.807) is 7.11 Å². The minimum absolute atomic E-state index is 0.783. The Labute approximate surface area is 116 Å². The van der Waals surface area contributed by atoms with Gasteiger partial charge in [-0.15, -0.1) is 0 Å². The maximum Gasteiger partial charge on any atom is 0.118 e. The lowest BCUT2D eigenvalue weighted by molar-refractivity contribution is 0.414. The number of H-pyrrole nitrogens is 1. The van der Waals surface area contributed by atoms with E-state index in [0.29, 0.717) is 0 Å². The topological polar surface area (TPSA) is 29.9 Å². The second-order valence-corrected chi connectivity index (χ2v) is 4.81. The Hall–Kier alpha value is -2.07. The van der Waals surface area contributed by atoms with Crippen molar-refractivity contribution in [1.82, 2.24) is 9.55 Å². The van der Waals surface area contributed by atoms with Crippen molar-refractivity contribution < 1.29 is 4.74 Å². The van der Waals surface area contributed by atoms with Crippen LogP contribution in [0.2, 0.25) is 0 Å². The summed E-state index contributed by atoms with van der Waals surface area (Å²) in [5.74, 6) is 0.878. The van der Waals surface area contributed by atoms with Crippen LogP contribution in [0.3, 0.4) is 0 Å². The van der Waals surface area contributed by atoms with Gasteiger partial charge in [-0.3, -0.25) is 0 Å². The summed E-state index contributed by atoms with van der Waals surface area (Å²) in [6.07, 6.45) is 3.95. The summed E-state index contributed by atoms with van der Waals surface area (Å²) < 4.78 is 8.14. The lowest BCUT2D eigenvalue weighted by atomic mass is 10.2. The Morgan fingerprint density at radius 1 is 1.16 bits per heavy atom. The minimum Gasteiger partial charge on any atom is -0.497 e. The molecule has 1 N–H and O–H groups in total. The summed E-state index contributed by atoms with van der Waals surface area (Å²) in [5, 5.41) is 1.09. The number of hydrogen-bond acceptors (Lipinski definition) is 2. The molecule has 2 aromatic heterocycles. The van der Waals surface area contributed by atoms with Crippen LogP contribution in [0, 0.1) is 4.64 Å². The third kappa shape index (κ3) is 2.27. The van der Waals surface area contributed by atoms with Gasteiger partial charge in [-0.05, 0) is 29.8 Å². The molecule has 0 bridgehead atoms. The molecule has 0 aliphatic heterocycles. The van der Waals surface area contributed by atoms with E-state index in [-0.39, 0.29) is 0 Å². The summed E-state index contributed by atoms with van der Waals surface area (Å²) in [4.78, 5) is 3.05. The maximum atomic E-state index is 5.28. The van der Waals surface area contributed by atoms with Crippen LogP contribution in [-0.4, -0.2) is 16.7 Å². The fourth-order valence-electron chi connectivity index (χ4n) is 2.20. The van der Waals surface area contributed by atoms with Gasteiger partial charge in [0, 0.05) is 24.3 Å². The number of hydrogen-bond donors (Lipinski definition) is 1. The molecular weight excluding hydrogens is 256 g/mol. The average Bonchev–Trinajstić information content (AvgIpc) is 2.84. The van der Waals surface area contributed by atoms with Crippen molar-refractivity contribution in [2.45, 2.75) is 6.54 Å². The Morgan fingerprint density at radius 2 is 1.95 bits per heavy atom. The lowest BCUT2D eigenvalue weighted by Gasteiger charge is -2.06. The molecule has 0 amide bonds. The fourth-order valence-corrected chi connectivity index (χ4v) is 2.44. The SMILES string of the molecule is COc1ccc(Cn2ccc3c(=S)[nH]ccc32)cc1. The highest BCUT2D eigenvalue weighted by Crippen LogP contribution is 2.18. The number of aromatic nitrogens is 2. The highest BCUT2D eigenvalue weighted by molar-refractivity contribution is 7.71. The molecule has 1 aromatic carbocycles. The highest BCUT2D eigenvalue weighted by Gasteiger charge is 2.03. The maximum absolute atomic E-state index is 5.28. The van der Waals surface area contributed by atoms with E-state index in [1.807, 2.05) is 18.3 Å². The molecule has 19 heavy (non-hydrogen) atoms. The van der Waals surface area contributed by atoms with Crippen LogP contribution >= 0.6 is 12.2 Å².